The van der Waals surface area contributed by atoms with E-state index in [4.69, 9.17) is 4.74 Å². The average Bonchev–Trinajstić information content (AvgIpc) is 3.05. The van der Waals surface area contributed by atoms with Gasteiger partial charge in [-0.15, -0.1) is 11.3 Å². The number of nitrogens with zero attached hydrogens (tertiary/aromatic N) is 1. The van der Waals surface area contributed by atoms with Crippen molar-refractivity contribution in [3.63, 3.8) is 0 Å². The van der Waals surface area contributed by atoms with Crippen LogP contribution >= 0.6 is 11.3 Å². The molecule has 0 aliphatic rings. The molecule has 0 spiro atoms. The van der Waals surface area contributed by atoms with Gasteiger partial charge in [0.05, 0.1) is 18.7 Å². The van der Waals surface area contributed by atoms with Crippen LogP contribution in [0.25, 0.3) is 11.3 Å². The maximum absolute atomic E-state index is 12.2. The van der Waals surface area contributed by atoms with E-state index >= 15 is 0 Å². The Morgan fingerprint density at radius 3 is 2.33 bits per heavy atom. The first-order valence-corrected chi connectivity index (χ1v) is 9.31. The summed E-state index contributed by atoms with van der Waals surface area (Å²) in [4.78, 5) is 29.4. The van der Waals surface area contributed by atoms with Gasteiger partial charge in [0.1, 0.15) is 0 Å². The van der Waals surface area contributed by atoms with Crippen molar-refractivity contribution in [2.45, 2.75) is 13.3 Å². The molecule has 0 saturated heterocycles. The van der Waals surface area contributed by atoms with Crippen molar-refractivity contribution >= 4 is 34.2 Å². The van der Waals surface area contributed by atoms with Crippen LogP contribution in [0.5, 0.6) is 0 Å². The number of aromatic nitrogens is 1. The number of benzene rings is 2. The minimum Gasteiger partial charge on any atom is -0.466 e. The fourth-order valence-electron chi connectivity index (χ4n) is 2.47. The fraction of sp³-hybridized carbons (Fsp3) is 0.150. The molecule has 27 heavy (non-hydrogen) atoms. The molecule has 0 radical (unpaired) electrons. The van der Waals surface area contributed by atoms with Crippen molar-refractivity contribution in [1.29, 1.82) is 0 Å². The second-order valence-electron chi connectivity index (χ2n) is 5.58. The van der Waals surface area contributed by atoms with E-state index in [2.05, 4.69) is 15.6 Å². The lowest BCUT2D eigenvalue weighted by Gasteiger charge is -2.04. The lowest BCUT2D eigenvalue weighted by atomic mass is 10.1. The molecule has 0 aliphatic heterocycles. The van der Waals surface area contributed by atoms with Gasteiger partial charge in [0, 0.05) is 16.1 Å². The standard InChI is InChI=1S/C20H19N3O3S/c1-2-26-17(24)13-16-18(14-9-5-3-6-10-14)22-20(27-16)23-19(25)21-15-11-7-4-8-12-15/h3-12H,2,13H2,1H3,(H2,21,22,23,25). The number of carbonyl (C=O) groups excluding carboxylic acids is 2. The Morgan fingerprint density at radius 2 is 1.67 bits per heavy atom. The van der Waals surface area contributed by atoms with Crippen LogP contribution in [0.1, 0.15) is 11.8 Å². The minimum absolute atomic E-state index is 0.109. The highest BCUT2D eigenvalue weighted by atomic mass is 32.1. The molecule has 3 rings (SSSR count). The average molecular weight is 381 g/mol. The number of nitrogens with one attached hydrogen (secondary N) is 2. The minimum atomic E-state index is -0.391. The van der Waals surface area contributed by atoms with E-state index in [1.54, 1.807) is 19.1 Å². The van der Waals surface area contributed by atoms with Crippen molar-refractivity contribution in [3.05, 3.63) is 65.5 Å². The van der Waals surface area contributed by atoms with Crippen molar-refractivity contribution in [2.75, 3.05) is 17.2 Å². The van der Waals surface area contributed by atoms with Gasteiger partial charge in [-0.05, 0) is 19.1 Å². The molecule has 2 aromatic carbocycles. The summed E-state index contributed by atoms with van der Waals surface area (Å²) in [5.41, 5.74) is 2.23. The number of anilines is 2. The Hall–Kier alpha value is -3.19. The summed E-state index contributed by atoms with van der Waals surface area (Å²) in [6.45, 7) is 2.09. The van der Waals surface area contributed by atoms with Crippen molar-refractivity contribution in [3.8, 4) is 11.3 Å². The maximum atomic E-state index is 12.2. The Morgan fingerprint density at radius 1 is 1.00 bits per heavy atom. The van der Waals surface area contributed by atoms with E-state index in [0.717, 1.165) is 10.4 Å². The second kappa shape index (κ2) is 8.95. The molecule has 1 aromatic heterocycles. The van der Waals surface area contributed by atoms with Gasteiger partial charge in [0.15, 0.2) is 5.13 Å². The zero-order valence-corrected chi connectivity index (χ0v) is 15.6. The van der Waals surface area contributed by atoms with Crippen LogP contribution < -0.4 is 10.6 Å². The molecule has 0 bridgehead atoms. The van der Waals surface area contributed by atoms with E-state index in [-0.39, 0.29) is 12.4 Å². The molecule has 6 nitrogen and oxygen atoms in total. The summed E-state index contributed by atoms with van der Waals surface area (Å²) in [5.74, 6) is -0.321. The van der Waals surface area contributed by atoms with Gasteiger partial charge in [0.25, 0.3) is 0 Å². The SMILES string of the molecule is CCOC(=O)Cc1sc(NC(=O)Nc2ccccc2)nc1-c1ccccc1. The molecule has 3 aromatic rings. The first-order valence-electron chi connectivity index (χ1n) is 8.49. The van der Waals surface area contributed by atoms with Crippen LogP contribution in [0.15, 0.2) is 60.7 Å². The van der Waals surface area contributed by atoms with Gasteiger partial charge in [-0.25, -0.2) is 9.78 Å². The summed E-state index contributed by atoms with van der Waals surface area (Å²) >= 11 is 1.26. The van der Waals surface area contributed by atoms with Crippen LogP contribution in [0.4, 0.5) is 15.6 Å². The molecule has 138 valence electrons. The molecule has 7 heteroatoms. The van der Waals surface area contributed by atoms with Crippen molar-refractivity contribution in [1.82, 2.24) is 4.98 Å². The molecule has 1 heterocycles. The van der Waals surface area contributed by atoms with Gasteiger partial charge in [0.2, 0.25) is 0 Å². The summed E-state index contributed by atoms with van der Waals surface area (Å²) in [5, 5.41) is 5.89. The Bertz CT molecular complexity index is 911. The van der Waals surface area contributed by atoms with Crippen LogP contribution in [0.3, 0.4) is 0 Å². The topological polar surface area (TPSA) is 80.3 Å². The number of hydrogen-bond donors (Lipinski definition) is 2. The number of hydrogen-bond acceptors (Lipinski definition) is 5. The Balaban J connectivity index is 1.80. The zero-order chi connectivity index (χ0) is 19.1. The van der Waals surface area contributed by atoms with E-state index < -0.39 is 6.03 Å². The highest BCUT2D eigenvalue weighted by molar-refractivity contribution is 7.16. The van der Waals surface area contributed by atoms with Gasteiger partial charge >= 0.3 is 12.0 Å². The molecule has 2 N–H and O–H groups in total. The zero-order valence-electron chi connectivity index (χ0n) is 14.8. The van der Waals surface area contributed by atoms with Crippen LogP contribution in [0.2, 0.25) is 0 Å². The first kappa shape index (κ1) is 18.6. The maximum Gasteiger partial charge on any atom is 0.325 e. The number of ether oxygens (including phenoxy) is 1. The molecule has 0 unspecified atom stereocenters. The highest BCUT2D eigenvalue weighted by Gasteiger charge is 2.18. The Kier molecular flexibility index (Phi) is 6.17. The van der Waals surface area contributed by atoms with Crippen LogP contribution in [-0.2, 0) is 16.0 Å². The molecular formula is C20H19N3O3S. The van der Waals surface area contributed by atoms with Crippen LogP contribution in [0, 0.1) is 0 Å². The van der Waals surface area contributed by atoms with E-state index in [0.29, 0.717) is 23.1 Å². The normalized spacial score (nSPS) is 10.3. The van der Waals surface area contributed by atoms with Gasteiger partial charge < -0.3 is 10.1 Å². The summed E-state index contributed by atoms with van der Waals surface area (Å²) in [6.07, 6.45) is 0.109. The van der Waals surface area contributed by atoms with Gasteiger partial charge in [-0.3, -0.25) is 10.1 Å². The quantitative estimate of drug-likeness (QED) is 0.614. The van der Waals surface area contributed by atoms with Crippen LogP contribution in [-0.4, -0.2) is 23.6 Å². The number of carbonyl (C=O) groups is 2. The first-order chi connectivity index (χ1) is 13.2. The number of thiazole rings is 1. The van der Waals surface area contributed by atoms with Gasteiger partial charge in [-0.2, -0.15) is 0 Å². The summed E-state index contributed by atoms with van der Waals surface area (Å²) < 4.78 is 5.05. The van der Waals surface area contributed by atoms with Crippen molar-refractivity contribution < 1.29 is 14.3 Å². The Labute approximate surface area is 161 Å². The predicted molar refractivity (Wildman–Crippen MR) is 107 cm³/mol. The second-order valence-corrected chi connectivity index (χ2v) is 6.67. The summed E-state index contributed by atoms with van der Waals surface area (Å²) in [6, 6.07) is 18.3. The molecule has 0 aliphatic carbocycles. The summed E-state index contributed by atoms with van der Waals surface area (Å²) in [7, 11) is 0. The number of esters is 1. The molecule has 0 saturated carbocycles. The third-order valence-electron chi connectivity index (χ3n) is 3.61. The number of rotatable bonds is 6. The molecule has 0 fully saturated rings. The lowest BCUT2D eigenvalue weighted by Crippen LogP contribution is -2.19. The number of para-hydroxylation sites is 1. The lowest BCUT2D eigenvalue weighted by molar-refractivity contribution is -0.142. The third kappa shape index (κ3) is 5.15. The molecule has 0 atom stereocenters. The third-order valence-corrected chi connectivity index (χ3v) is 4.58. The monoisotopic (exact) mass is 381 g/mol. The van der Waals surface area contributed by atoms with Gasteiger partial charge in [-0.1, -0.05) is 48.5 Å². The predicted octanol–water partition coefficient (Wildman–Crippen LogP) is 4.56. The molecular weight excluding hydrogens is 362 g/mol. The molecule has 2 amide bonds. The smallest absolute Gasteiger partial charge is 0.325 e. The number of urea groups is 1. The fourth-order valence-corrected chi connectivity index (χ4v) is 3.43. The van der Waals surface area contributed by atoms with E-state index in [1.807, 2.05) is 48.5 Å². The number of amides is 2. The highest BCUT2D eigenvalue weighted by Crippen LogP contribution is 2.31. The largest absolute Gasteiger partial charge is 0.466 e. The van der Waals surface area contributed by atoms with E-state index in [9.17, 15) is 9.59 Å². The van der Waals surface area contributed by atoms with E-state index in [1.165, 1.54) is 11.3 Å². The van der Waals surface area contributed by atoms with Crippen molar-refractivity contribution in [2.24, 2.45) is 0 Å².